The Labute approximate surface area is 89.9 Å². The molecule has 1 rings (SSSR count). The maximum Gasteiger partial charge on any atom is 0.0118 e. The van der Waals surface area contributed by atoms with Crippen LogP contribution in [0.1, 0.15) is 54.4 Å². The van der Waals surface area contributed by atoms with Crippen molar-refractivity contribution in [3.8, 4) is 0 Å². The van der Waals surface area contributed by atoms with Gasteiger partial charge in [0.1, 0.15) is 0 Å². The van der Waals surface area contributed by atoms with Crippen LogP contribution in [-0.4, -0.2) is 23.0 Å². The molecular weight excluding hydrogens is 170 g/mol. The van der Waals surface area contributed by atoms with E-state index in [-0.39, 0.29) is 0 Å². The molecule has 1 heteroatoms. The van der Waals surface area contributed by atoms with E-state index >= 15 is 0 Å². The molecule has 1 aliphatic heterocycles. The summed E-state index contributed by atoms with van der Waals surface area (Å²) in [6.07, 6.45) is 2.80. The number of likely N-dealkylation sites (tertiary alicyclic amines) is 1. The Morgan fingerprint density at radius 2 is 1.71 bits per heavy atom. The average Bonchev–Trinajstić information content (AvgIpc) is 2.01. The summed E-state index contributed by atoms with van der Waals surface area (Å²) in [7, 11) is 0. The van der Waals surface area contributed by atoms with Crippen LogP contribution in [0.3, 0.4) is 0 Å². The molecule has 0 amide bonds. The fraction of sp³-hybridized carbons (Fsp3) is 1.00. The van der Waals surface area contributed by atoms with Crippen LogP contribution < -0.4 is 0 Å². The van der Waals surface area contributed by atoms with E-state index in [4.69, 9.17) is 0 Å². The van der Waals surface area contributed by atoms with Crippen molar-refractivity contribution in [1.82, 2.24) is 4.90 Å². The van der Waals surface area contributed by atoms with Gasteiger partial charge in [-0.25, -0.2) is 0 Å². The minimum Gasteiger partial charge on any atom is -0.295 e. The molecular formula is C13H27N. The van der Waals surface area contributed by atoms with Crippen LogP contribution in [0.4, 0.5) is 0 Å². The molecule has 3 unspecified atom stereocenters. The SMILES string of the molecule is CC(C)C(C)CC1CC(C)N1C(C)C. The Morgan fingerprint density at radius 1 is 1.14 bits per heavy atom. The summed E-state index contributed by atoms with van der Waals surface area (Å²) in [5.74, 6) is 1.70. The number of hydrogen-bond donors (Lipinski definition) is 0. The molecule has 0 aromatic carbocycles. The van der Waals surface area contributed by atoms with Gasteiger partial charge >= 0.3 is 0 Å². The van der Waals surface area contributed by atoms with Crippen molar-refractivity contribution in [1.29, 1.82) is 0 Å². The molecule has 1 fully saturated rings. The average molecular weight is 197 g/mol. The van der Waals surface area contributed by atoms with E-state index in [0.29, 0.717) is 0 Å². The summed E-state index contributed by atoms with van der Waals surface area (Å²) >= 11 is 0. The van der Waals surface area contributed by atoms with Crippen LogP contribution in [0.25, 0.3) is 0 Å². The highest BCUT2D eigenvalue weighted by Gasteiger charge is 2.37. The molecule has 0 aromatic rings. The van der Waals surface area contributed by atoms with Gasteiger partial charge in [-0.3, -0.25) is 4.90 Å². The van der Waals surface area contributed by atoms with Gasteiger partial charge in [-0.05, 0) is 45.4 Å². The topological polar surface area (TPSA) is 3.24 Å². The van der Waals surface area contributed by atoms with E-state index < -0.39 is 0 Å². The normalized spacial score (nSPS) is 30.9. The lowest BCUT2D eigenvalue weighted by Gasteiger charge is -2.51. The first kappa shape index (κ1) is 12.0. The summed E-state index contributed by atoms with van der Waals surface area (Å²) in [6, 6.07) is 2.41. The third-order valence-corrected chi connectivity index (χ3v) is 3.92. The van der Waals surface area contributed by atoms with Crippen LogP contribution >= 0.6 is 0 Å². The molecule has 0 bridgehead atoms. The molecule has 0 aliphatic carbocycles. The van der Waals surface area contributed by atoms with Crippen molar-refractivity contribution >= 4 is 0 Å². The van der Waals surface area contributed by atoms with Gasteiger partial charge in [0, 0.05) is 18.1 Å². The summed E-state index contributed by atoms with van der Waals surface area (Å²) in [5, 5.41) is 0. The molecule has 0 saturated carbocycles. The zero-order valence-corrected chi connectivity index (χ0v) is 10.7. The quantitative estimate of drug-likeness (QED) is 0.666. The number of nitrogens with zero attached hydrogens (tertiary/aromatic N) is 1. The second-order valence-corrected chi connectivity index (χ2v) is 5.74. The fourth-order valence-corrected chi connectivity index (χ4v) is 2.71. The van der Waals surface area contributed by atoms with Crippen molar-refractivity contribution in [3.05, 3.63) is 0 Å². The van der Waals surface area contributed by atoms with Gasteiger partial charge in [0.05, 0.1) is 0 Å². The maximum atomic E-state index is 2.68. The molecule has 1 saturated heterocycles. The number of hydrogen-bond acceptors (Lipinski definition) is 1. The lowest BCUT2D eigenvalue weighted by Crippen LogP contribution is -2.57. The maximum absolute atomic E-state index is 2.68. The van der Waals surface area contributed by atoms with Gasteiger partial charge in [-0.2, -0.15) is 0 Å². The second-order valence-electron chi connectivity index (χ2n) is 5.74. The molecule has 3 atom stereocenters. The zero-order chi connectivity index (χ0) is 10.9. The standard InChI is InChI=1S/C13H27N/c1-9(2)11(5)7-13-8-12(6)14(13)10(3)4/h9-13H,7-8H2,1-6H3. The van der Waals surface area contributed by atoms with Crippen LogP contribution in [0.2, 0.25) is 0 Å². The minimum atomic E-state index is 0.725. The molecule has 0 aromatic heterocycles. The lowest BCUT2D eigenvalue weighted by atomic mass is 9.82. The van der Waals surface area contributed by atoms with Crippen molar-refractivity contribution in [3.63, 3.8) is 0 Å². The van der Waals surface area contributed by atoms with Gasteiger partial charge in [0.25, 0.3) is 0 Å². The predicted octanol–water partition coefficient (Wildman–Crippen LogP) is 3.54. The second kappa shape index (κ2) is 4.65. The molecule has 1 heterocycles. The van der Waals surface area contributed by atoms with Crippen molar-refractivity contribution < 1.29 is 0 Å². The van der Waals surface area contributed by atoms with Gasteiger partial charge in [-0.15, -0.1) is 0 Å². The van der Waals surface area contributed by atoms with E-state index in [2.05, 4.69) is 46.4 Å². The smallest absolute Gasteiger partial charge is 0.0118 e. The summed E-state index contributed by atoms with van der Waals surface area (Å²) < 4.78 is 0. The van der Waals surface area contributed by atoms with E-state index in [0.717, 1.165) is 30.0 Å². The van der Waals surface area contributed by atoms with Crippen molar-refractivity contribution in [2.45, 2.75) is 72.5 Å². The van der Waals surface area contributed by atoms with Crippen LogP contribution in [0.15, 0.2) is 0 Å². The van der Waals surface area contributed by atoms with Gasteiger partial charge < -0.3 is 0 Å². The predicted molar refractivity (Wildman–Crippen MR) is 63.5 cm³/mol. The summed E-state index contributed by atoms with van der Waals surface area (Å²) in [6.45, 7) is 14.1. The third kappa shape index (κ3) is 2.50. The van der Waals surface area contributed by atoms with Crippen molar-refractivity contribution in [2.75, 3.05) is 0 Å². The Hall–Kier alpha value is -0.0400. The van der Waals surface area contributed by atoms with Gasteiger partial charge in [0.2, 0.25) is 0 Å². The molecule has 1 aliphatic rings. The van der Waals surface area contributed by atoms with Gasteiger partial charge in [-0.1, -0.05) is 20.8 Å². The zero-order valence-electron chi connectivity index (χ0n) is 10.7. The lowest BCUT2D eigenvalue weighted by molar-refractivity contribution is -0.0179. The molecule has 0 radical (unpaired) electrons. The highest BCUT2D eigenvalue weighted by molar-refractivity contribution is 4.92. The molecule has 84 valence electrons. The third-order valence-electron chi connectivity index (χ3n) is 3.92. The van der Waals surface area contributed by atoms with E-state index in [1.54, 1.807) is 0 Å². The first-order chi connectivity index (χ1) is 6.43. The largest absolute Gasteiger partial charge is 0.295 e. The first-order valence-corrected chi connectivity index (χ1v) is 6.21. The van der Waals surface area contributed by atoms with E-state index in [1.807, 2.05) is 0 Å². The minimum absolute atomic E-state index is 0.725. The van der Waals surface area contributed by atoms with Crippen LogP contribution in [0.5, 0.6) is 0 Å². The summed E-state index contributed by atoms with van der Waals surface area (Å²) in [4.78, 5) is 2.68. The van der Waals surface area contributed by atoms with Gasteiger partial charge in [0.15, 0.2) is 0 Å². The molecule has 0 spiro atoms. The van der Waals surface area contributed by atoms with E-state index in [1.165, 1.54) is 12.8 Å². The van der Waals surface area contributed by atoms with Crippen LogP contribution in [0, 0.1) is 11.8 Å². The Kier molecular flexibility index (Phi) is 4.00. The molecule has 0 N–H and O–H groups in total. The highest BCUT2D eigenvalue weighted by atomic mass is 15.3. The Morgan fingerprint density at radius 3 is 2.07 bits per heavy atom. The fourth-order valence-electron chi connectivity index (χ4n) is 2.71. The number of rotatable bonds is 4. The highest BCUT2D eigenvalue weighted by Crippen LogP contribution is 2.33. The Bertz CT molecular complexity index is 169. The van der Waals surface area contributed by atoms with E-state index in [9.17, 15) is 0 Å². The van der Waals surface area contributed by atoms with Crippen LogP contribution in [-0.2, 0) is 0 Å². The summed E-state index contributed by atoms with van der Waals surface area (Å²) in [5.41, 5.74) is 0. The first-order valence-electron chi connectivity index (χ1n) is 6.21. The Balaban J connectivity index is 2.40. The molecule has 14 heavy (non-hydrogen) atoms. The monoisotopic (exact) mass is 197 g/mol. The molecule has 1 nitrogen and oxygen atoms in total. The van der Waals surface area contributed by atoms with Crippen molar-refractivity contribution in [2.24, 2.45) is 11.8 Å².